The number of nitrogens with zero attached hydrogens (tertiary/aromatic N) is 2. The molecule has 2 N–H and O–H groups in total. The smallest absolute Gasteiger partial charge is 0.319 e. The summed E-state index contributed by atoms with van der Waals surface area (Å²) in [6.45, 7) is 3.93. The number of aryl methyl sites for hydroxylation is 1. The van der Waals surface area contributed by atoms with Gasteiger partial charge in [0.1, 0.15) is 5.69 Å². The fourth-order valence-electron chi connectivity index (χ4n) is 2.16. The van der Waals surface area contributed by atoms with E-state index in [1.807, 2.05) is 38.1 Å². The third-order valence-corrected chi connectivity index (χ3v) is 3.57. The molecule has 0 spiro atoms. The van der Waals surface area contributed by atoms with Crippen LogP contribution in [0.5, 0.6) is 0 Å². The monoisotopic (exact) mass is 326 g/mol. The van der Waals surface area contributed by atoms with E-state index in [9.17, 15) is 9.59 Å². The van der Waals surface area contributed by atoms with E-state index in [0.29, 0.717) is 5.69 Å². The first kappa shape index (κ1) is 17.5. The molecular weight excluding hydrogens is 304 g/mol. The van der Waals surface area contributed by atoms with Crippen LogP contribution in [-0.2, 0) is 0 Å². The predicted octanol–water partition coefficient (Wildman–Crippen LogP) is 2.97. The van der Waals surface area contributed by atoms with Crippen LogP contribution in [0.15, 0.2) is 42.6 Å². The van der Waals surface area contributed by atoms with Gasteiger partial charge in [0.25, 0.3) is 5.91 Å². The summed E-state index contributed by atoms with van der Waals surface area (Å²) in [5.41, 5.74) is 2.99. The summed E-state index contributed by atoms with van der Waals surface area (Å²) in [6, 6.07) is 10.7. The fraction of sp³-hybridized carbons (Fsp3) is 0.278. The average Bonchev–Trinajstić information content (AvgIpc) is 2.54. The number of aromatic nitrogens is 1. The second-order valence-corrected chi connectivity index (χ2v) is 5.86. The van der Waals surface area contributed by atoms with Gasteiger partial charge >= 0.3 is 6.03 Å². The van der Waals surface area contributed by atoms with E-state index in [4.69, 9.17) is 0 Å². The number of anilines is 1. The summed E-state index contributed by atoms with van der Waals surface area (Å²) in [6.07, 6.45) is 1.50. The van der Waals surface area contributed by atoms with Crippen LogP contribution in [-0.4, -0.2) is 35.9 Å². The van der Waals surface area contributed by atoms with Gasteiger partial charge < -0.3 is 15.5 Å². The summed E-state index contributed by atoms with van der Waals surface area (Å²) in [4.78, 5) is 29.5. The molecule has 0 saturated carbocycles. The van der Waals surface area contributed by atoms with Crippen molar-refractivity contribution in [3.8, 4) is 0 Å². The number of hydrogen-bond donors (Lipinski definition) is 2. The number of rotatable bonds is 4. The highest BCUT2D eigenvalue weighted by Crippen LogP contribution is 2.14. The Balaban J connectivity index is 2.00. The van der Waals surface area contributed by atoms with E-state index >= 15 is 0 Å². The zero-order valence-corrected chi connectivity index (χ0v) is 14.3. The molecule has 2 rings (SSSR count). The lowest BCUT2D eigenvalue weighted by atomic mass is 10.1. The number of hydrogen-bond acceptors (Lipinski definition) is 3. The van der Waals surface area contributed by atoms with Crippen molar-refractivity contribution in [2.45, 2.75) is 19.9 Å². The Morgan fingerprint density at radius 1 is 1.12 bits per heavy atom. The summed E-state index contributed by atoms with van der Waals surface area (Å²) in [5.74, 6) is -0.216. The van der Waals surface area contributed by atoms with Gasteiger partial charge in [0.15, 0.2) is 0 Å². The number of carbonyl (C=O) groups excluding carboxylic acids is 2. The maximum atomic E-state index is 12.1. The quantitative estimate of drug-likeness (QED) is 0.907. The van der Waals surface area contributed by atoms with Crippen LogP contribution in [0.2, 0.25) is 0 Å². The van der Waals surface area contributed by atoms with Crippen LogP contribution < -0.4 is 10.6 Å². The number of benzene rings is 1. The first-order valence-electron chi connectivity index (χ1n) is 7.68. The molecular formula is C18H22N4O2. The van der Waals surface area contributed by atoms with Crippen molar-refractivity contribution in [1.82, 2.24) is 15.2 Å². The van der Waals surface area contributed by atoms with E-state index in [1.54, 1.807) is 26.2 Å². The van der Waals surface area contributed by atoms with Crippen molar-refractivity contribution in [3.63, 3.8) is 0 Å². The molecule has 1 unspecified atom stereocenters. The highest BCUT2D eigenvalue weighted by molar-refractivity contribution is 5.95. The van der Waals surface area contributed by atoms with Crippen LogP contribution in [0.4, 0.5) is 10.5 Å². The number of pyridine rings is 1. The van der Waals surface area contributed by atoms with Gasteiger partial charge in [-0.15, -0.1) is 0 Å². The highest BCUT2D eigenvalue weighted by Gasteiger charge is 2.12. The minimum atomic E-state index is -0.336. The Morgan fingerprint density at radius 2 is 1.79 bits per heavy atom. The third-order valence-electron chi connectivity index (χ3n) is 3.57. The van der Waals surface area contributed by atoms with Crippen molar-refractivity contribution in [2.24, 2.45) is 0 Å². The van der Waals surface area contributed by atoms with Crippen molar-refractivity contribution in [2.75, 3.05) is 19.4 Å². The standard InChI is InChI=1S/C18H22N4O2/c1-12-5-7-14(8-6-12)13(2)20-18(24)21-15-9-10-19-16(11-15)17(23)22(3)4/h5-11,13H,1-4H3,(H2,19,20,21,24). The van der Waals surface area contributed by atoms with E-state index < -0.39 is 0 Å². The van der Waals surface area contributed by atoms with E-state index in [2.05, 4.69) is 15.6 Å². The molecule has 3 amide bonds. The molecule has 126 valence electrons. The lowest BCUT2D eigenvalue weighted by Gasteiger charge is -2.16. The maximum Gasteiger partial charge on any atom is 0.319 e. The Morgan fingerprint density at radius 3 is 2.42 bits per heavy atom. The topological polar surface area (TPSA) is 74.3 Å². The van der Waals surface area contributed by atoms with Crippen LogP contribution in [0.3, 0.4) is 0 Å². The zero-order valence-electron chi connectivity index (χ0n) is 14.3. The number of urea groups is 1. The molecule has 6 heteroatoms. The Kier molecular flexibility index (Phi) is 5.52. The molecule has 1 heterocycles. The average molecular weight is 326 g/mol. The second kappa shape index (κ2) is 7.59. The van der Waals surface area contributed by atoms with Gasteiger partial charge in [-0.1, -0.05) is 29.8 Å². The SMILES string of the molecule is Cc1ccc(C(C)NC(=O)Nc2ccnc(C(=O)N(C)C)c2)cc1. The molecule has 0 aliphatic rings. The molecule has 0 fully saturated rings. The van der Waals surface area contributed by atoms with Crippen LogP contribution in [0.1, 0.15) is 34.6 Å². The van der Waals surface area contributed by atoms with Crippen molar-refractivity contribution in [1.29, 1.82) is 0 Å². The molecule has 2 aromatic rings. The zero-order chi connectivity index (χ0) is 17.7. The molecule has 1 aromatic heterocycles. The lowest BCUT2D eigenvalue weighted by Crippen LogP contribution is -2.31. The number of nitrogens with one attached hydrogen (secondary N) is 2. The summed E-state index contributed by atoms with van der Waals surface area (Å²) in [5, 5.41) is 5.60. The normalized spacial score (nSPS) is 11.5. The molecule has 1 aromatic carbocycles. The van der Waals surface area contributed by atoms with Crippen molar-refractivity contribution >= 4 is 17.6 Å². The van der Waals surface area contributed by atoms with Crippen LogP contribution in [0.25, 0.3) is 0 Å². The summed E-state index contributed by atoms with van der Waals surface area (Å²) < 4.78 is 0. The first-order chi connectivity index (χ1) is 11.4. The number of carbonyl (C=O) groups is 2. The lowest BCUT2D eigenvalue weighted by molar-refractivity contribution is 0.0822. The maximum absolute atomic E-state index is 12.1. The fourth-order valence-corrected chi connectivity index (χ4v) is 2.16. The minimum absolute atomic E-state index is 0.129. The highest BCUT2D eigenvalue weighted by atomic mass is 16.2. The summed E-state index contributed by atoms with van der Waals surface area (Å²) >= 11 is 0. The second-order valence-electron chi connectivity index (χ2n) is 5.86. The van der Waals surface area contributed by atoms with Crippen LogP contribution in [0, 0.1) is 6.92 Å². The summed E-state index contributed by atoms with van der Waals surface area (Å²) in [7, 11) is 3.31. The van der Waals surface area contributed by atoms with Gasteiger partial charge in [0, 0.05) is 26.0 Å². The Bertz CT molecular complexity index is 726. The van der Waals surface area contributed by atoms with Crippen LogP contribution >= 0.6 is 0 Å². The van der Waals surface area contributed by atoms with Gasteiger partial charge in [0.05, 0.1) is 6.04 Å². The minimum Gasteiger partial charge on any atom is -0.343 e. The molecule has 24 heavy (non-hydrogen) atoms. The Hall–Kier alpha value is -2.89. The van der Waals surface area contributed by atoms with Crippen molar-refractivity contribution in [3.05, 3.63) is 59.4 Å². The van der Waals surface area contributed by atoms with Gasteiger partial charge in [0.2, 0.25) is 0 Å². The first-order valence-corrected chi connectivity index (χ1v) is 7.68. The van der Waals surface area contributed by atoms with Gasteiger partial charge in [-0.2, -0.15) is 0 Å². The number of amides is 3. The van der Waals surface area contributed by atoms with E-state index in [0.717, 1.165) is 5.56 Å². The molecule has 0 bridgehead atoms. The Labute approximate surface area is 141 Å². The molecule has 0 aliphatic heterocycles. The van der Waals surface area contributed by atoms with E-state index in [-0.39, 0.29) is 23.7 Å². The predicted molar refractivity (Wildman–Crippen MR) is 94.0 cm³/mol. The molecule has 0 radical (unpaired) electrons. The van der Waals surface area contributed by atoms with Gasteiger partial charge in [-0.3, -0.25) is 9.78 Å². The molecule has 0 saturated heterocycles. The van der Waals surface area contributed by atoms with E-state index in [1.165, 1.54) is 16.7 Å². The van der Waals surface area contributed by atoms with Gasteiger partial charge in [-0.25, -0.2) is 4.79 Å². The largest absolute Gasteiger partial charge is 0.343 e. The molecule has 0 aliphatic carbocycles. The van der Waals surface area contributed by atoms with Crippen molar-refractivity contribution < 1.29 is 9.59 Å². The molecule has 1 atom stereocenters. The molecule has 6 nitrogen and oxygen atoms in total. The third kappa shape index (κ3) is 4.55. The van der Waals surface area contributed by atoms with Gasteiger partial charge in [-0.05, 0) is 31.5 Å².